The molecule has 0 saturated carbocycles. The lowest BCUT2D eigenvalue weighted by Gasteiger charge is -2.12. The summed E-state index contributed by atoms with van der Waals surface area (Å²) >= 11 is 0. The van der Waals surface area contributed by atoms with Crippen molar-refractivity contribution < 1.29 is 14.6 Å². The highest BCUT2D eigenvalue weighted by atomic mass is 19.1. The van der Waals surface area contributed by atoms with Gasteiger partial charge in [-0.2, -0.15) is 0 Å². The maximum atomic E-state index is 12.3. The maximum absolute atomic E-state index is 12.3. The molecule has 60 valence electrons. The number of aliphatic hydroxyl groups is 2. The van der Waals surface area contributed by atoms with E-state index in [-0.39, 0.29) is 6.42 Å². The number of alkyl halides is 1. The van der Waals surface area contributed by atoms with Crippen LogP contribution in [0.2, 0.25) is 0 Å². The Morgan fingerprint density at radius 2 is 2.20 bits per heavy atom. The van der Waals surface area contributed by atoms with E-state index < -0.39 is 18.9 Å². The number of rotatable bonds is 4. The fourth-order valence-corrected chi connectivity index (χ4v) is 0.607. The molecule has 2 N–H and O–H groups in total. The van der Waals surface area contributed by atoms with Crippen LogP contribution in [0.4, 0.5) is 4.39 Å². The van der Waals surface area contributed by atoms with Gasteiger partial charge in [-0.25, -0.2) is 4.39 Å². The van der Waals surface area contributed by atoms with Gasteiger partial charge in [-0.1, -0.05) is 5.57 Å². The molecule has 0 aliphatic carbocycles. The largest absolute Gasteiger partial charge is 0.393 e. The molecule has 3 heteroatoms. The summed E-state index contributed by atoms with van der Waals surface area (Å²) in [6, 6.07) is 0. The Bertz CT molecular complexity index is 114. The predicted molar refractivity (Wildman–Crippen MR) is 37.4 cm³/mol. The SMILES string of the molecule is C=C(C)C[C@H](O)[C@H](F)CO. The fraction of sp³-hybridized carbons (Fsp3) is 0.714. The van der Waals surface area contributed by atoms with Crippen molar-refractivity contribution in [2.24, 2.45) is 0 Å². The minimum atomic E-state index is -1.54. The van der Waals surface area contributed by atoms with Gasteiger partial charge in [0.1, 0.15) is 6.17 Å². The molecule has 0 rings (SSSR count). The van der Waals surface area contributed by atoms with Gasteiger partial charge < -0.3 is 10.2 Å². The molecule has 10 heavy (non-hydrogen) atoms. The van der Waals surface area contributed by atoms with Crippen LogP contribution in [-0.4, -0.2) is 29.1 Å². The Morgan fingerprint density at radius 3 is 2.50 bits per heavy atom. The van der Waals surface area contributed by atoms with E-state index >= 15 is 0 Å². The molecule has 0 unspecified atom stereocenters. The fourth-order valence-electron chi connectivity index (χ4n) is 0.607. The van der Waals surface area contributed by atoms with Crippen LogP contribution in [0.3, 0.4) is 0 Å². The summed E-state index contributed by atoms with van der Waals surface area (Å²) in [5, 5.41) is 17.1. The van der Waals surface area contributed by atoms with Crippen molar-refractivity contribution in [3.05, 3.63) is 12.2 Å². The molecule has 2 nitrogen and oxygen atoms in total. The topological polar surface area (TPSA) is 40.5 Å². The van der Waals surface area contributed by atoms with E-state index in [1.165, 1.54) is 0 Å². The van der Waals surface area contributed by atoms with Crippen LogP contribution in [0.1, 0.15) is 13.3 Å². The van der Waals surface area contributed by atoms with Gasteiger partial charge in [0, 0.05) is 0 Å². The number of aliphatic hydroxyl groups excluding tert-OH is 2. The van der Waals surface area contributed by atoms with Crippen molar-refractivity contribution in [2.75, 3.05) is 6.61 Å². The molecule has 0 fully saturated rings. The Balaban J connectivity index is 3.61. The van der Waals surface area contributed by atoms with E-state index in [0.717, 1.165) is 0 Å². The lowest BCUT2D eigenvalue weighted by atomic mass is 10.1. The molecule has 2 atom stereocenters. The molecular weight excluding hydrogens is 135 g/mol. The van der Waals surface area contributed by atoms with Crippen molar-refractivity contribution in [1.29, 1.82) is 0 Å². The van der Waals surface area contributed by atoms with Gasteiger partial charge in [-0.3, -0.25) is 0 Å². The smallest absolute Gasteiger partial charge is 0.149 e. The lowest BCUT2D eigenvalue weighted by Crippen LogP contribution is -2.25. The summed E-state index contributed by atoms with van der Waals surface area (Å²) in [5.41, 5.74) is 0.712. The third-order valence-electron chi connectivity index (χ3n) is 1.15. The quantitative estimate of drug-likeness (QED) is 0.574. The van der Waals surface area contributed by atoms with Crippen LogP contribution in [0.25, 0.3) is 0 Å². The van der Waals surface area contributed by atoms with E-state index in [4.69, 9.17) is 10.2 Å². The van der Waals surface area contributed by atoms with Gasteiger partial charge in [0.15, 0.2) is 0 Å². The average Bonchev–Trinajstić information content (AvgIpc) is 1.85. The first-order valence-corrected chi connectivity index (χ1v) is 3.15. The van der Waals surface area contributed by atoms with E-state index in [2.05, 4.69) is 6.58 Å². The summed E-state index contributed by atoms with van der Waals surface area (Å²) in [6.45, 7) is 4.57. The summed E-state index contributed by atoms with van der Waals surface area (Å²) < 4.78 is 12.3. The molecule has 0 amide bonds. The van der Waals surface area contributed by atoms with Gasteiger partial charge in [0.05, 0.1) is 12.7 Å². The van der Waals surface area contributed by atoms with Crippen molar-refractivity contribution in [1.82, 2.24) is 0 Å². The van der Waals surface area contributed by atoms with Crippen LogP contribution < -0.4 is 0 Å². The molecule has 0 saturated heterocycles. The lowest BCUT2D eigenvalue weighted by molar-refractivity contribution is 0.0407. The zero-order valence-corrected chi connectivity index (χ0v) is 6.05. The molecule has 0 bridgehead atoms. The molecule has 0 heterocycles. The standard InChI is InChI=1S/C7H13FO2/c1-5(2)3-7(10)6(8)4-9/h6-7,9-10H,1,3-4H2,2H3/t6-,7+/m1/s1. The monoisotopic (exact) mass is 148 g/mol. The van der Waals surface area contributed by atoms with Crippen molar-refractivity contribution in [3.63, 3.8) is 0 Å². The van der Waals surface area contributed by atoms with Crippen LogP contribution in [0, 0.1) is 0 Å². The maximum Gasteiger partial charge on any atom is 0.149 e. The second kappa shape index (κ2) is 4.41. The Morgan fingerprint density at radius 1 is 1.70 bits per heavy atom. The summed E-state index contributed by atoms with van der Waals surface area (Å²) in [5.74, 6) is 0. The molecule has 0 aromatic heterocycles. The minimum absolute atomic E-state index is 0.210. The molecule has 0 radical (unpaired) electrons. The summed E-state index contributed by atoms with van der Waals surface area (Å²) in [4.78, 5) is 0. The zero-order chi connectivity index (χ0) is 8.15. The second-order valence-electron chi connectivity index (χ2n) is 2.43. The van der Waals surface area contributed by atoms with Crippen molar-refractivity contribution >= 4 is 0 Å². The van der Waals surface area contributed by atoms with Crippen LogP contribution >= 0.6 is 0 Å². The number of hydrogen-bond donors (Lipinski definition) is 2. The Labute approximate surface area is 60.0 Å². The molecule has 0 aromatic rings. The van der Waals surface area contributed by atoms with Crippen molar-refractivity contribution in [3.8, 4) is 0 Å². The molecule has 0 spiro atoms. The third kappa shape index (κ3) is 3.58. The van der Waals surface area contributed by atoms with E-state index in [1.54, 1.807) is 6.92 Å². The third-order valence-corrected chi connectivity index (χ3v) is 1.15. The molecule has 0 aliphatic heterocycles. The average molecular weight is 148 g/mol. The summed E-state index contributed by atoms with van der Waals surface area (Å²) in [7, 11) is 0. The van der Waals surface area contributed by atoms with Gasteiger partial charge in [-0.05, 0) is 13.3 Å². The first-order valence-electron chi connectivity index (χ1n) is 3.15. The minimum Gasteiger partial charge on any atom is -0.393 e. The second-order valence-corrected chi connectivity index (χ2v) is 2.43. The molecule has 0 aromatic carbocycles. The van der Waals surface area contributed by atoms with Crippen LogP contribution in [-0.2, 0) is 0 Å². The van der Waals surface area contributed by atoms with Crippen LogP contribution in [0.5, 0.6) is 0 Å². The zero-order valence-electron chi connectivity index (χ0n) is 6.05. The Hall–Kier alpha value is -0.410. The van der Waals surface area contributed by atoms with Gasteiger partial charge in [0.2, 0.25) is 0 Å². The molecular formula is C7H13FO2. The highest BCUT2D eigenvalue weighted by molar-refractivity contribution is 4.92. The summed E-state index contributed by atoms with van der Waals surface area (Å²) in [6.07, 6.45) is -2.44. The number of hydrogen-bond acceptors (Lipinski definition) is 2. The van der Waals surface area contributed by atoms with E-state index in [9.17, 15) is 4.39 Å². The first-order chi connectivity index (χ1) is 4.57. The van der Waals surface area contributed by atoms with Crippen molar-refractivity contribution in [2.45, 2.75) is 25.6 Å². The van der Waals surface area contributed by atoms with E-state index in [1.807, 2.05) is 0 Å². The number of halogens is 1. The Kier molecular flexibility index (Phi) is 4.23. The van der Waals surface area contributed by atoms with E-state index in [0.29, 0.717) is 5.57 Å². The van der Waals surface area contributed by atoms with Gasteiger partial charge in [0.25, 0.3) is 0 Å². The highest BCUT2D eigenvalue weighted by Crippen LogP contribution is 2.07. The van der Waals surface area contributed by atoms with Gasteiger partial charge in [-0.15, -0.1) is 6.58 Å². The highest BCUT2D eigenvalue weighted by Gasteiger charge is 2.16. The van der Waals surface area contributed by atoms with Crippen LogP contribution in [0.15, 0.2) is 12.2 Å². The van der Waals surface area contributed by atoms with Gasteiger partial charge >= 0.3 is 0 Å². The predicted octanol–water partition coefficient (Wildman–Crippen LogP) is 0.644. The molecule has 0 aliphatic rings. The normalized spacial score (nSPS) is 16.4. The first kappa shape index (κ1) is 9.59.